The summed E-state index contributed by atoms with van der Waals surface area (Å²) < 4.78 is 5.69. The molecule has 0 heterocycles. The van der Waals surface area contributed by atoms with E-state index in [1.807, 2.05) is 43.3 Å². The minimum Gasteiger partial charge on any atom is -0.426 e. The van der Waals surface area contributed by atoms with Crippen LogP contribution in [0.5, 0.6) is 5.75 Å². The maximum Gasteiger partial charge on any atom is 0.317 e. The average molecular weight is 278 g/mol. The van der Waals surface area contributed by atoms with Crippen LogP contribution in [0.2, 0.25) is 0 Å². The molecule has 2 aliphatic rings. The fourth-order valence-corrected chi connectivity index (χ4v) is 3.78. The van der Waals surface area contributed by atoms with Crippen molar-refractivity contribution in [2.75, 3.05) is 0 Å². The first kappa shape index (κ1) is 12.6. The van der Waals surface area contributed by atoms with E-state index in [1.54, 1.807) is 0 Å². The van der Waals surface area contributed by atoms with Crippen molar-refractivity contribution >= 4 is 16.7 Å². The van der Waals surface area contributed by atoms with E-state index < -0.39 is 0 Å². The molecule has 2 aliphatic carbocycles. The van der Waals surface area contributed by atoms with Crippen LogP contribution in [0.3, 0.4) is 0 Å². The Labute approximate surface area is 124 Å². The quantitative estimate of drug-likeness (QED) is 0.464. The third kappa shape index (κ3) is 1.98. The molecular weight excluding hydrogens is 260 g/mol. The van der Waals surface area contributed by atoms with E-state index >= 15 is 0 Å². The maximum absolute atomic E-state index is 12.6. The molecule has 0 spiro atoms. The lowest BCUT2D eigenvalue weighted by Gasteiger charge is -2.28. The van der Waals surface area contributed by atoms with Crippen LogP contribution in [-0.2, 0) is 4.79 Å². The molecule has 0 saturated heterocycles. The van der Waals surface area contributed by atoms with E-state index in [9.17, 15) is 4.79 Å². The molecule has 2 bridgehead atoms. The van der Waals surface area contributed by atoms with Gasteiger partial charge < -0.3 is 4.74 Å². The van der Waals surface area contributed by atoms with Gasteiger partial charge in [0.25, 0.3) is 0 Å². The predicted octanol–water partition coefficient (Wildman–Crippen LogP) is 4.35. The van der Waals surface area contributed by atoms with Crippen molar-refractivity contribution in [3.63, 3.8) is 0 Å². The molecule has 21 heavy (non-hydrogen) atoms. The van der Waals surface area contributed by atoms with E-state index in [1.165, 1.54) is 0 Å². The van der Waals surface area contributed by atoms with Crippen LogP contribution < -0.4 is 4.74 Å². The SMILES string of the molecule is C[C@]1(C(=O)Oc2ccc3ccccc3c2)C[C@H]2C=C[C@H]1C2. The highest BCUT2D eigenvalue weighted by Crippen LogP contribution is 2.52. The molecule has 2 nitrogen and oxygen atoms in total. The van der Waals surface area contributed by atoms with E-state index in [0.717, 1.165) is 23.6 Å². The van der Waals surface area contributed by atoms with Gasteiger partial charge in [-0.3, -0.25) is 4.79 Å². The van der Waals surface area contributed by atoms with Crippen LogP contribution in [-0.4, -0.2) is 5.97 Å². The maximum atomic E-state index is 12.6. The summed E-state index contributed by atoms with van der Waals surface area (Å²) in [5, 5.41) is 2.26. The summed E-state index contributed by atoms with van der Waals surface area (Å²) in [6.07, 6.45) is 6.45. The highest BCUT2D eigenvalue weighted by Gasteiger charge is 2.51. The molecule has 0 aromatic heterocycles. The van der Waals surface area contributed by atoms with Crippen LogP contribution >= 0.6 is 0 Å². The first-order chi connectivity index (χ1) is 10.1. The largest absolute Gasteiger partial charge is 0.426 e. The second-order valence-corrected chi connectivity index (χ2v) is 6.51. The molecule has 1 saturated carbocycles. The zero-order valence-corrected chi connectivity index (χ0v) is 12.1. The highest BCUT2D eigenvalue weighted by atomic mass is 16.5. The van der Waals surface area contributed by atoms with Crippen LogP contribution in [0.4, 0.5) is 0 Å². The molecule has 1 fully saturated rings. The smallest absolute Gasteiger partial charge is 0.317 e. The van der Waals surface area contributed by atoms with Crippen molar-refractivity contribution in [2.45, 2.75) is 19.8 Å². The summed E-state index contributed by atoms with van der Waals surface area (Å²) in [5.41, 5.74) is -0.356. The summed E-state index contributed by atoms with van der Waals surface area (Å²) in [5.74, 6) is 1.46. The lowest BCUT2D eigenvalue weighted by Crippen LogP contribution is -2.35. The Morgan fingerprint density at radius 2 is 1.95 bits per heavy atom. The summed E-state index contributed by atoms with van der Waals surface area (Å²) in [6.45, 7) is 2.05. The van der Waals surface area contributed by atoms with Crippen LogP contribution in [0.1, 0.15) is 19.8 Å². The number of rotatable bonds is 2. The second-order valence-electron chi connectivity index (χ2n) is 6.51. The van der Waals surface area contributed by atoms with E-state index in [2.05, 4.69) is 18.2 Å². The van der Waals surface area contributed by atoms with Gasteiger partial charge in [-0.2, -0.15) is 0 Å². The van der Waals surface area contributed by atoms with Gasteiger partial charge in [0.1, 0.15) is 5.75 Å². The number of benzene rings is 2. The van der Waals surface area contributed by atoms with E-state index in [0.29, 0.717) is 17.6 Å². The molecule has 2 aromatic carbocycles. The highest BCUT2D eigenvalue weighted by molar-refractivity contribution is 5.86. The minimum atomic E-state index is -0.356. The van der Waals surface area contributed by atoms with Crippen LogP contribution in [0.25, 0.3) is 10.8 Å². The third-order valence-electron chi connectivity index (χ3n) is 5.07. The molecule has 0 N–H and O–H groups in total. The zero-order chi connectivity index (χ0) is 14.4. The van der Waals surface area contributed by atoms with Crippen LogP contribution in [0.15, 0.2) is 54.6 Å². The van der Waals surface area contributed by atoms with Gasteiger partial charge in [0.15, 0.2) is 0 Å². The summed E-state index contributed by atoms with van der Waals surface area (Å²) in [6, 6.07) is 13.9. The van der Waals surface area contributed by atoms with E-state index in [-0.39, 0.29) is 11.4 Å². The fourth-order valence-electron chi connectivity index (χ4n) is 3.78. The molecule has 0 radical (unpaired) electrons. The van der Waals surface area contributed by atoms with Crippen molar-refractivity contribution in [1.29, 1.82) is 0 Å². The molecular formula is C19H18O2. The fraction of sp³-hybridized carbons (Fsp3) is 0.316. The number of ether oxygens (including phenoxy) is 1. The Bertz CT molecular complexity index is 746. The Morgan fingerprint density at radius 3 is 2.67 bits per heavy atom. The van der Waals surface area contributed by atoms with Crippen molar-refractivity contribution in [3.05, 3.63) is 54.6 Å². The summed E-state index contributed by atoms with van der Waals surface area (Å²) in [4.78, 5) is 12.6. The number of hydrogen-bond acceptors (Lipinski definition) is 2. The number of carbonyl (C=O) groups excluding carboxylic acids is 1. The predicted molar refractivity (Wildman–Crippen MR) is 83.0 cm³/mol. The van der Waals surface area contributed by atoms with Gasteiger partial charge in [-0.1, -0.05) is 42.5 Å². The van der Waals surface area contributed by atoms with Gasteiger partial charge in [-0.25, -0.2) is 0 Å². The van der Waals surface area contributed by atoms with Gasteiger partial charge >= 0.3 is 5.97 Å². The normalized spacial score (nSPS) is 30.0. The third-order valence-corrected chi connectivity index (χ3v) is 5.07. The summed E-state index contributed by atoms with van der Waals surface area (Å²) in [7, 11) is 0. The number of hydrogen-bond donors (Lipinski definition) is 0. The average Bonchev–Trinajstić information content (AvgIpc) is 3.08. The Morgan fingerprint density at radius 1 is 1.14 bits per heavy atom. The van der Waals surface area contributed by atoms with Crippen molar-refractivity contribution in [2.24, 2.45) is 17.3 Å². The lowest BCUT2D eigenvalue weighted by atomic mass is 9.78. The molecule has 0 unspecified atom stereocenters. The van der Waals surface area contributed by atoms with Gasteiger partial charge in [-0.05, 0) is 54.5 Å². The van der Waals surface area contributed by atoms with Crippen molar-refractivity contribution in [1.82, 2.24) is 0 Å². The lowest BCUT2D eigenvalue weighted by molar-refractivity contribution is -0.146. The first-order valence-electron chi connectivity index (χ1n) is 7.54. The van der Waals surface area contributed by atoms with E-state index in [4.69, 9.17) is 4.74 Å². The van der Waals surface area contributed by atoms with Gasteiger partial charge in [-0.15, -0.1) is 0 Å². The van der Waals surface area contributed by atoms with Gasteiger partial charge in [0.05, 0.1) is 5.41 Å². The topological polar surface area (TPSA) is 26.3 Å². The Kier molecular flexibility index (Phi) is 2.68. The van der Waals surface area contributed by atoms with Crippen LogP contribution in [0, 0.1) is 17.3 Å². The molecule has 2 heteroatoms. The zero-order valence-electron chi connectivity index (χ0n) is 12.1. The van der Waals surface area contributed by atoms with Crippen molar-refractivity contribution in [3.8, 4) is 5.75 Å². The molecule has 0 amide bonds. The molecule has 106 valence electrons. The second kappa shape index (κ2) is 4.45. The summed E-state index contributed by atoms with van der Waals surface area (Å²) >= 11 is 0. The molecule has 2 aromatic rings. The monoisotopic (exact) mass is 278 g/mol. The number of carbonyl (C=O) groups is 1. The Hall–Kier alpha value is -2.09. The van der Waals surface area contributed by atoms with Gasteiger partial charge in [0, 0.05) is 0 Å². The molecule has 4 rings (SSSR count). The Balaban J connectivity index is 1.60. The first-order valence-corrected chi connectivity index (χ1v) is 7.54. The number of fused-ring (bicyclic) bond motifs is 3. The van der Waals surface area contributed by atoms with Gasteiger partial charge in [0.2, 0.25) is 0 Å². The van der Waals surface area contributed by atoms with Crippen molar-refractivity contribution < 1.29 is 9.53 Å². The molecule has 0 aliphatic heterocycles. The molecule has 3 atom stereocenters. The number of esters is 1. The number of allylic oxidation sites excluding steroid dienone is 2. The minimum absolute atomic E-state index is 0.0883. The standard InChI is InChI=1S/C19H18O2/c1-19(12-13-6-8-16(19)10-13)18(20)21-17-9-7-14-4-2-3-5-15(14)11-17/h2-9,11,13,16H,10,12H2,1H3/t13-,16-,19-/m0/s1.